The van der Waals surface area contributed by atoms with Gasteiger partial charge in [-0.05, 0) is 31.0 Å². The summed E-state index contributed by atoms with van der Waals surface area (Å²) in [6, 6.07) is 6.33. The molecule has 80 valence electrons. The average molecular weight is 203 g/mol. The summed E-state index contributed by atoms with van der Waals surface area (Å²) in [7, 11) is 0. The zero-order valence-electron chi connectivity index (χ0n) is 9.34. The smallest absolute Gasteiger partial charge is 0.166 e. The van der Waals surface area contributed by atoms with Crippen LogP contribution in [-0.4, -0.2) is 11.8 Å². The van der Waals surface area contributed by atoms with E-state index in [0.717, 1.165) is 24.1 Å². The quantitative estimate of drug-likeness (QED) is 0.800. The molecule has 0 saturated carbocycles. The first kappa shape index (κ1) is 10.2. The van der Waals surface area contributed by atoms with Crippen LogP contribution in [0.3, 0.4) is 0 Å². The molecule has 1 heterocycles. The Kier molecular flexibility index (Phi) is 2.76. The molecule has 0 aliphatic carbocycles. The van der Waals surface area contributed by atoms with Gasteiger partial charge in [0, 0.05) is 23.7 Å². The summed E-state index contributed by atoms with van der Waals surface area (Å²) in [5.74, 6) is 0.280. The van der Waals surface area contributed by atoms with Crippen molar-refractivity contribution in [1.82, 2.24) is 0 Å². The normalized spacial score (nSPS) is 19.6. The second-order valence-corrected chi connectivity index (χ2v) is 4.31. The third kappa shape index (κ3) is 2.04. The highest BCUT2D eigenvalue weighted by molar-refractivity contribution is 6.03. The monoisotopic (exact) mass is 203 g/mol. The minimum atomic E-state index is 0.280. The standard InChI is InChI=1S/C13H17NO/c1-3-4-10-8-13(15)11-6-5-9(2)7-12(11)14-10/h5-7,10,14H,3-4,8H2,1-2H3/t10-/m0/s1. The molecule has 0 fully saturated rings. The molecular weight excluding hydrogens is 186 g/mol. The summed E-state index contributed by atoms with van der Waals surface area (Å²) in [4.78, 5) is 11.8. The fourth-order valence-electron chi connectivity index (χ4n) is 2.15. The van der Waals surface area contributed by atoms with Crippen LogP contribution >= 0.6 is 0 Å². The molecule has 0 saturated heterocycles. The maximum absolute atomic E-state index is 11.8. The van der Waals surface area contributed by atoms with Crippen LogP contribution in [0.4, 0.5) is 5.69 Å². The minimum Gasteiger partial charge on any atom is -0.381 e. The third-order valence-corrected chi connectivity index (χ3v) is 2.90. The van der Waals surface area contributed by atoms with Crippen LogP contribution in [0.25, 0.3) is 0 Å². The van der Waals surface area contributed by atoms with E-state index in [0.29, 0.717) is 12.5 Å². The van der Waals surface area contributed by atoms with E-state index in [2.05, 4.69) is 25.2 Å². The Labute approximate surface area is 90.7 Å². The number of nitrogens with one attached hydrogen (secondary N) is 1. The zero-order chi connectivity index (χ0) is 10.8. The molecule has 1 aliphatic rings. The number of rotatable bonds is 2. The molecule has 1 atom stereocenters. The second-order valence-electron chi connectivity index (χ2n) is 4.31. The number of aryl methyl sites for hydroxylation is 1. The van der Waals surface area contributed by atoms with Gasteiger partial charge in [-0.25, -0.2) is 0 Å². The van der Waals surface area contributed by atoms with Crippen LogP contribution in [0.15, 0.2) is 18.2 Å². The van der Waals surface area contributed by atoms with E-state index in [1.807, 2.05) is 12.1 Å². The number of hydrogen-bond acceptors (Lipinski definition) is 2. The maximum Gasteiger partial charge on any atom is 0.166 e. The van der Waals surface area contributed by atoms with Gasteiger partial charge in [0.05, 0.1) is 0 Å². The number of hydrogen-bond donors (Lipinski definition) is 1. The minimum absolute atomic E-state index is 0.280. The Morgan fingerprint density at radius 1 is 1.47 bits per heavy atom. The predicted molar refractivity (Wildman–Crippen MR) is 62.4 cm³/mol. The molecule has 0 bridgehead atoms. The zero-order valence-corrected chi connectivity index (χ0v) is 9.34. The van der Waals surface area contributed by atoms with E-state index < -0.39 is 0 Å². The molecule has 1 aromatic carbocycles. The van der Waals surface area contributed by atoms with Crippen molar-refractivity contribution in [2.45, 2.75) is 39.2 Å². The Morgan fingerprint density at radius 2 is 2.27 bits per heavy atom. The summed E-state index contributed by atoms with van der Waals surface area (Å²) in [6.45, 7) is 4.20. The van der Waals surface area contributed by atoms with Crippen molar-refractivity contribution in [3.05, 3.63) is 29.3 Å². The first-order valence-electron chi connectivity index (χ1n) is 5.61. The molecule has 15 heavy (non-hydrogen) atoms. The van der Waals surface area contributed by atoms with Crippen molar-refractivity contribution in [2.75, 3.05) is 5.32 Å². The van der Waals surface area contributed by atoms with Crippen molar-refractivity contribution in [3.63, 3.8) is 0 Å². The van der Waals surface area contributed by atoms with E-state index in [4.69, 9.17) is 0 Å². The highest BCUT2D eigenvalue weighted by Crippen LogP contribution is 2.27. The van der Waals surface area contributed by atoms with E-state index in [-0.39, 0.29) is 5.78 Å². The number of anilines is 1. The van der Waals surface area contributed by atoms with Gasteiger partial charge in [0.25, 0.3) is 0 Å². The predicted octanol–water partition coefficient (Wildman–Crippen LogP) is 3.16. The lowest BCUT2D eigenvalue weighted by Gasteiger charge is -2.26. The number of benzene rings is 1. The van der Waals surface area contributed by atoms with Gasteiger partial charge in [-0.3, -0.25) is 4.79 Å². The fourth-order valence-corrected chi connectivity index (χ4v) is 2.15. The first-order chi connectivity index (χ1) is 7.20. The lowest BCUT2D eigenvalue weighted by Crippen LogP contribution is -2.29. The van der Waals surface area contributed by atoms with Crippen molar-refractivity contribution >= 4 is 11.5 Å². The van der Waals surface area contributed by atoms with Gasteiger partial charge in [-0.2, -0.15) is 0 Å². The molecule has 0 radical (unpaired) electrons. The molecular formula is C13H17NO. The molecule has 1 aromatic rings. The van der Waals surface area contributed by atoms with Crippen LogP contribution in [-0.2, 0) is 0 Å². The van der Waals surface area contributed by atoms with Gasteiger partial charge in [0.15, 0.2) is 5.78 Å². The van der Waals surface area contributed by atoms with Gasteiger partial charge < -0.3 is 5.32 Å². The molecule has 2 heteroatoms. The number of ketones is 1. The second kappa shape index (κ2) is 4.05. The number of carbonyl (C=O) groups is 1. The fraction of sp³-hybridized carbons (Fsp3) is 0.462. The van der Waals surface area contributed by atoms with Gasteiger partial charge in [-0.15, -0.1) is 0 Å². The third-order valence-electron chi connectivity index (χ3n) is 2.90. The molecule has 1 aliphatic heterocycles. The molecule has 0 spiro atoms. The number of Topliss-reactive ketones (excluding diaryl/α,β-unsaturated/α-hetero) is 1. The van der Waals surface area contributed by atoms with E-state index in [1.54, 1.807) is 0 Å². The summed E-state index contributed by atoms with van der Waals surface area (Å²) in [5.41, 5.74) is 3.07. The Bertz CT molecular complexity index is 384. The molecule has 0 amide bonds. The molecule has 1 N–H and O–H groups in total. The SMILES string of the molecule is CCC[C@H]1CC(=O)c2ccc(C)cc2N1. The topological polar surface area (TPSA) is 29.1 Å². The number of fused-ring (bicyclic) bond motifs is 1. The lowest BCUT2D eigenvalue weighted by atomic mass is 9.93. The van der Waals surface area contributed by atoms with Gasteiger partial charge in [0.1, 0.15) is 0 Å². The van der Waals surface area contributed by atoms with Crippen molar-refractivity contribution in [3.8, 4) is 0 Å². The number of carbonyl (C=O) groups excluding carboxylic acids is 1. The van der Waals surface area contributed by atoms with Gasteiger partial charge in [0.2, 0.25) is 0 Å². The van der Waals surface area contributed by atoms with E-state index in [1.165, 1.54) is 5.56 Å². The van der Waals surface area contributed by atoms with Gasteiger partial charge >= 0.3 is 0 Å². The maximum atomic E-state index is 11.8. The van der Waals surface area contributed by atoms with Crippen LogP contribution in [0.5, 0.6) is 0 Å². The first-order valence-corrected chi connectivity index (χ1v) is 5.61. The van der Waals surface area contributed by atoms with Crippen molar-refractivity contribution in [2.24, 2.45) is 0 Å². The molecule has 2 nitrogen and oxygen atoms in total. The summed E-state index contributed by atoms with van der Waals surface area (Å²) in [5, 5.41) is 3.45. The Hall–Kier alpha value is -1.31. The highest BCUT2D eigenvalue weighted by atomic mass is 16.1. The average Bonchev–Trinajstić information content (AvgIpc) is 2.17. The van der Waals surface area contributed by atoms with E-state index >= 15 is 0 Å². The molecule has 2 rings (SSSR count). The largest absolute Gasteiger partial charge is 0.381 e. The van der Waals surface area contributed by atoms with E-state index in [9.17, 15) is 4.79 Å². The molecule has 0 aromatic heterocycles. The Morgan fingerprint density at radius 3 is 3.00 bits per heavy atom. The lowest BCUT2D eigenvalue weighted by molar-refractivity contribution is 0.0971. The van der Waals surface area contributed by atoms with Crippen molar-refractivity contribution in [1.29, 1.82) is 0 Å². The highest BCUT2D eigenvalue weighted by Gasteiger charge is 2.23. The van der Waals surface area contributed by atoms with Crippen LogP contribution < -0.4 is 5.32 Å². The summed E-state index contributed by atoms with van der Waals surface area (Å²) in [6.07, 6.45) is 2.83. The Balaban J connectivity index is 2.29. The summed E-state index contributed by atoms with van der Waals surface area (Å²) >= 11 is 0. The molecule has 0 unspecified atom stereocenters. The van der Waals surface area contributed by atoms with Crippen LogP contribution in [0.1, 0.15) is 42.1 Å². The van der Waals surface area contributed by atoms with Crippen LogP contribution in [0, 0.1) is 6.92 Å². The van der Waals surface area contributed by atoms with Gasteiger partial charge in [-0.1, -0.05) is 19.4 Å². The van der Waals surface area contributed by atoms with Crippen molar-refractivity contribution < 1.29 is 4.79 Å². The summed E-state index contributed by atoms with van der Waals surface area (Å²) < 4.78 is 0. The van der Waals surface area contributed by atoms with Crippen LogP contribution in [0.2, 0.25) is 0 Å².